The Morgan fingerprint density at radius 2 is 1.89 bits per heavy atom. The van der Waals surface area contributed by atoms with Crippen molar-refractivity contribution in [3.8, 4) is 5.75 Å². The number of ether oxygens (including phenoxy) is 1. The maximum absolute atomic E-state index is 6.03. The van der Waals surface area contributed by atoms with E-state index in [2.05, 4.69) is 12.2 Å². The van der Waals surface area contributed by atoms with E-state index >= 15 is 0 Å². The SMILES string of the molecule is CCNCCCCCCOc1cccc(Cl)c1Cl. The van der Waals surface area contributed by atoms with E-state index in [1.807, 2.05) is 12.1 Å². The standard InChI is InChI=1S/C14H21Cl2NO/c1-2-17-10-5-3-4-6-11-18-13-9-7-8-12(15)14(13)16/h7-9,17H,2-6,10-11H2,1H3. The molecule has 0 amide bonds. The molecule has 0 atom stereocenters. The summed E-state index contributed by atoms with van der Waals surface area (Å²) < 4.78 is 5.61. The van der Waals surface area contributed by atoms with Crippen molar-refractivity contribution in [3.63, 3.8) is 0 Å². The second kappa shape index (κ2) is 9.48. The van der Waals surface area contributed by atoms with Crippen molar-refractivity contribution in [2.24, 2.45) is 0 Å². The van der Waals surface area contributed by atoms with Crippen molar-refractivity contribution in [1.29, 1.82) is 0 Å². The van der Waals surface area contributed by atoms with Crippen LogP contribution in [-0.4, -0.2) is 19.7 Å². The van der Waals surface area contributed by atoms with Crippen LogP contribution < -0.4 is 10.1 Å². The van der Waals surface area contributed by atoms with Crippen LogP contribution in [0.15, 0.2) is 18.2 Å². The van der Waals surface area contributed by atoms with Crippen LogP contribution in [0.4, 0.5) is 0 Å². The van der Waals surface area contributed by atoms with Crippen molar-refractivity contribution in [2.45, 2.75) is 32.6 Å². The van der Waals surface area contributed by atoms with Gasteiger partial charge in [0.1, 0.15) is 10.8 Å². The third kappa shape index (κ3) is 5.94. The molecule has 0 unspecified atom stereocenters. The molecule has 0 aliphatic carbocycles. The first-order chi connectivity index (χ1) is 8.75. The molecule has 1 rings (SSSR count). The fourth-order valence-electron chi connectivity index (χ4n) is 1.66. The average molecular weight is 290 g/mol. The molecule has 18 heavy (non-hydrogen) atoms. The lowest BCUT2D eigenvalue weighted by Gasteiger charge is -2.08. The maximum atomic E-state index is 6.03. The van der Waals surface area contributed by atoms with Crippen LogP contribution in [0.1, 0.15) is 32.6 Å². The first-order valence-electron chi connectivity index (χ1n) is 6.53. The van der Waals surface area contributed by atoms with Gasteiger partial charge in [-0.2, -0.15) is 0 Å². The van der Waals surface area contributed by atoms with Crippen molar-refractivity contribution >= 4 is 23.2 Å². The summed E-state index contributed by atoms with van der Waals surface area (Å²) in [5, 5.41) is 4.36. The summed E-state index contributed by atoms with van der Waals surface area (Å²) in [6.07, 6.45) is 4.70. The molecular formula is C14H21Cl2NO. The van der Waals surface area contributed by atoms with Crippen LogP contribution in [0.2, 0.25) is 10.0 Å². The summed E-state index contributed by atoms with van der Waals surface area (Å²) in [5.74, 6) is 0.678. The number of benzene rings is 1. The molecule has 4 heteroatoms. The number of unbranched alkanes of at least 4 members (excludes halogenated alkanes) is 3. The first-order valence-corrected chi connectivity index (χ1v) is 7.28. The zero-order chi connectivity index (χ0) is 13.2. The highest BCUT2D eigenvalue weighted by Gasteiger charge is 2.04. The molecule has 102 valence electrons. The van der Waals surface area contributed by atoms with Crippen molar-refractivity contribution in [3.05, 3.63) is 28.2 Å². The zero-order valence-electron chi connectivity index (χ0n) is 10.8. The summed E-state index contributed by atoms with van der Waals surface area (Å²) in [5.41, 5.74) is 0. The third-order valence-electron chi connectivity index (χ3n) is 2.67. The molecule has 0 spiro atoms. The Morgan fingerprint density at radius 3 is 2.67 bits per heavy atom. The number of nitrogens with one attached hydrogen (secondary N) is 1. The van der Waals surface area contributed by atoms with Crippen LogP contribution in [0, 0.1) is 0 Å². The highest BCUT2D eigenvalue weighted by Crippen LogP contribution is 2.31. The smallest absolute Gasteiger partial charge is 0.139 e. The summed E-state index contributed by atoms with van der Waals surface area (Å²) in [6.45, 7) is 4.98. The van der Waals surface area contributed by atoms with Gasteiger partial charge in [0.05, 0.1) is 11.6 Å². The van der Waals surface area contributed by atoms with Crippen LogP contribution >= 0.6 is 23.2 Å². The molecule has 0 saturated carbocycles. The van der Waals surface area contributed by atoms with E-state index in [0.29, 0.717) is 22.4 Å². The topological polar surface area (TPSA) is 21.3 Å². The van der Waals surface area contributed by atoms with Crippen molar-refractivity contribution in [2.75, 3.05) is 19.7 Å². The highest BCUT2D eigenvalue weighted by atomic mass is 35.5. The Morgan fingerprint density at radius 1 is 1.11 bits per heavy atom. The van der Waals surface area contributed by atoms with E-state index < -0.39 is 0 Å². The molecular weight excluding hydrogens is 269 g/mol. The number of hydrogen-bond donors (Lipinski definition) is 1. The van der Waals surface area contributed by atoms with E-state index in [1.165, 1.54) is 19.3 Å². The predicted molar refractivity (Wildman–Crippen MR) is 79.0 cm³/mol. The summed E-state index contributed by atoms with van der Waals surface area (Å²) in [4.78, 5) is 0. The fraction of sp³-hybridized carbons (Fsp3) is 0.571. The lowest BCUT2D eigenvalue weighted by atomic mass is 10.2. The van der Waals surface area contributed by atoms with Gasteiger partial charge in [0.2, 0.25) is 0 Å². The van der Waals surface area contributed by atoms with E-state index in [9.17, 15) is 0 Å². The summed E-state index contributed by atoms with van der Waals surface area (Å²) in [6, 6.07) is 5.46. The van der Waals surface area contributed by atoms with Gasteiger partial charge in [-0.3, -0.25) is 0 Å². The molecule has 0 aliphatic heterocycles. The normalized spacial score (nSPS) is 10.6. The van der Waals surface area contributed by atoms with Crippen molar-refractivity contribution in [1.82, 2.24) is 5.32 Å². The van der Waals surface area contributed by atoms with Gasteiger partial charge in [-0.15, -0.1) is 0 Å². The van der Waals surface area contributed by atoms with Gasteiger partial charge in [0.25, 0.3) is 0 Å². The highest BCUT2D eigenvalue weighted by molar-refractivity contribution is 6.42. The lowest BCUT2D eigenvalue weighted by Crippen LogP contribution is -2.13. The number of hydrogen-bond acceptors (Lipinski definition) is 2. The molecule has 0 bridgehead atoms. The minimum atomic E-state index is 0.506. The van der Waals surface area contributed by atoms with Gasteiger partial charge in [-0.1, -0.05) is 49.0 Å². The van der Waals surface area contributed by atoms with Gasteiger partial charge in [-0.25, -0.2) is 0 Å². The Kier molecular flexibility index (Phi) is 8.23. The summed E-state index contributed by atoms with van der Waals surface area (Å²) in [7, 11) is 0. The van der Waals surface area contributed by atoms with Crippen LogP contribution in [0.25, 0.3) is 0 Å². The molecule has 1 aromatic carbocycles. The molecule has 0 aliphatic rings. The molecule has 0 aromatic heterocycles. The monoisotopic (exact) mass is 289 g/mol. The van der Waals surface area contributed by atoms with Gasteiger partial charge in [-0.05, 0) is 38.1 Å². The van der Waals surface area contributed by atoms with Crippen LogP contribution in [0.3, 0.4) is 0 Å². The second-order valence-electron chi connectivity index (χ2n) is 4.17. The van der Waals surface area contributed by atoms with E-state index in [-0.39, 0.29) is 0 Å². The Bertz CT molecular complexity index is 345. The van der Waals surface area contributed by atoms with Gasteiger partial charge >= 0.3 is 0 Å². The maximum Gasteiger partial charge on any atom is 0.139 e. The molecule has 0 radical (unpaired) electrons. The molecule has 1 aromatic rings. The van der Waals surface area contributed by atoms with Crippen LogP contribution in [0.5, 0.6) is 5.75 Å². The van der Waals surface area contributed by atoms with Crippen molar-refractivity contribution < 1.29 is 4.74 Å². The molecule has 0 fully saturated rings. The molecule has 2 nitrogen and oxygen atoms in total. The number of halogens is 2. The van der Waals surface area contributed by atoms with Gasteiger partial charge in [0.15, 0.2) is 0 Å². The van der Waals surface area contributed by atoms with Crippen LogP contribution in [-0.2, 0) is 0 Å². The van der Waals surface area contributed by atoms with Gasteiger partial charge < -0.3 is 10.1 Å². The Labute approximate surface area is 120 Å². The zero-order valence-corrected chi connectivity index (χ0v) is 12.4. The largest absolute Gasteiger partial charge is 0.492 e. The molecule has 1 N–H and O–H groups in total. The predicted octanol–water partition coefficient (Wildman–Crippen LogP) is 4.54. The summed E-state index contributed by atoms with van der Waals surface area (Å²) >= 11 is 11.9. The quantitative estimate of drug-likeness (QED) is 0.674. The average Bonchev–Trinajstić information content (AvgIpc) is 2.37. The van der Waals surface area contributed by atoms with E-state index in [0.717, 1.165) is 19.5 Å². The minimum absolute atomic E-state index is 0.506. The lowest BCUT2D eigenvalue weighted by molar-refractivity contribution is 0.304. The molecule has 0 heterocycles. The minimum Gasteiger partial charge on any atom is -0.492 e. The Balaban J connectivity index is 2.09. The number of rotatable bonds is 9. The Hall–Kier alpha value is -0.440. The first kappa shape index (κ1) is 15.6. The van der Waals surface area contributed by atoms with E-state index in [4.69, 9.17) is 27.9 Å². The fourth-order valence-corrected chi connectivity index (χ4v) is 2.01. The second-order valence-corrected chi connectivity index (χ2v) is 4.95. The van der Waals surface area contributed by atoms with E-state index in [1.54, 1.807) is 6.07 Å². The van der Waals surface area contributed by atoms with Gasteiger partial charge in [0, 0.05) is 0 Å². The third-order valence-corrected chi connectivity index (χ3v) is 3.47. The molecule has 0 saturated heterocycles.